The Hall–Kier alpha value is -6.77. The van der Waals surface area contributed by atoms with Crippen molar-refractivity contribution in [2.45, 2.75) is 179 Å². The molecule has 26 heteroatoms. The van der Waals surface area contributed by atoms with Crippen LogP contribution in [-0.2, 0) is 63.9 Å². The van der Waals surface area contributed by atoms with Gasteiger partial charge >= 0.3 is 5.97 Å². The summed E-state index contributed by atoms with van der Waals surface area (Å²) < 4.78 is 11.2. The molecule has 26 nitrogen and oxygen atoms in total. The minimum atomic E-state index is -2.06. The number of carbonyl (C=O) groups excluding carboxylic acids is 11. The monoisotopic (exact) mass is 1070 g/mol. The summed E-state index contributed by atoms with van der Waals surface area (Å²) in [4.78, 5) is 156. The van der Waals surface area contributed by atoms with Gasteiger partial charge in [-0.25, -0.2) is 4.79 Å². The van der Waals surface area contributed by atoms with Gasteiger partial charge in [0.05, 0.1) is 19.8 Å². The van der Waals surface area contributed by atoms with Crippen molar-refractivity contribution in [3.8, 4) is 5.75 Å². The summed E-state index contributed by atoms with van der Waals surface area (Å²) in [6.45, 7) is 8.24. The summed E-state index contributed by atoms with van der Waals surface area (Å²) in [5.74, 6) is -11.9. The number of nitrogens with two attached hydrogens (primary N) is 1. The van der Waals surface area contributed by atoms with E-state index in [4.69, 9.17) is 15.2 Å². The number of cyclic esters (lactones) is 1. The first-order valence-corrected chi connectivity index (χ1v) is 25.5. The molecule has 3 aliphatic rings. The highest BCUT2D eigenvalue weighted by Crippen LogP contribution is 2.26. The van der Waals surface area contributed by atoms with Crippen LogP contribution in [0.3, 0.4) is 0 Å². The number of esters is 1. The second kappa shape index (κ2) is 27.8. The summed E-state index contributed by atoms with van der Waals surface area (Å²) in [6, 6.07) is -6.50. The van der Waals surface area contributed by atoms with Gasteiger partial charge in [-0.3, -0.25) is 52.8 Å². The van der Waals surface area contributed by atoms with Gasteiger partial charge in [0.1, 0.15) is 66.4 Å². The van der Waals surface area contributed by atoms with Crippen LogP contribution in [0.15, 0.2) is 24.3 Å². The zero-order chi connectivity index (χ0) is 56.9. The van der Waals surface area contributed by atoms with Crippen LogP contribution in [0.4, 0.5) is 0 Å². The van der Waals surface area contributed by atoms with E-state index >= 15 is 0 Å². The van der Waals surface area contributed by atoms with Crippen molar-refractivity contribution >= 4 is 65.0 Å². The lowest BCUT2D eigenvalue weighted by Crippen LogP contribution is -2.67. The first-order valence-electron chi connectivity index (χ1n) is 25.5. The Morgan fingerprint density at radius 3 is 2.13 bits per heavy atom. The lowest BCUT2D eigenvalue weighted by Gasteiger charge is -2.43. The van der Waals surface area contributed by atoms with Crippen LogP contribution in [0, 0.1) is 11.8 Å². The molecule has 0 radical (unpaired) electrons. The van der Waals surface area contributed by atoms with Crippen LogP contribution in [0.1, 0.15) is 105 Å². The fourth-order valence-corrected chi connectivity index (χ4v) is 9.46. The molecule has 1 aromatic carbocycles. The number of nitrogens with one attached hydrogen (secondary N) is 5. The average Bonchev–Trinajstić information content (AvgIpc) is 3.76. The number of rotatable bonds is 18. The number of benzene rings is 1. The number of aliphatic hydroxyl groups is 4. The van der Waals surface area contributed by atoms with E-state index in [9.17, 15) is 73.2 Å². The quantitative estimate of drug-likeness (QED) is 0.0645. The summed E-state index contributed by atoms with van der Waals surface area (Å²) in [5, 5.41) is 54.6. The molecule has 1 aromatic rings. The van der Waals surface area contributed by atoms with Gasteiger partial charge in [0.15, 0.2) is 6.10 Å². The molecule has 3 saturated heterocycles. The first-order chi connectivity index (χ1) is 35.8. The number of methoxy groups -OCH3 is 1. The predicted octanol–water partition coefficient (Wildman–Crippen LogP) is -3.26. The Bertz CT molecular complexity index is 2300. The van der Waals surface area contributed by atoms with E-state index in [0.717, 1.165) is 9.80 Å². The van der Waals surface area contributed by atoms with E-state index in [1.165, 1.54) is 28.0 Å². The second-order valence-electron chi connectivity index (χ2n) is 20.1. The van der Waals surface area contributed by atoms with Crippen molar-refractivity contribution in [2.24, 2.45) is 17.6 Å². The molecular weight excluding hydrogens is 999 g/mol. The fraction of sp³-hybridized carbons (Fsp3) is 0.660. The van der Waals surface area contributed by atoms with E-state index in [1.807, 2.05) is 6.92 Å². The van der Waals surface area contributed by atoms with E-state index in [-0.39, 0.29) is 44.4 Å². The summed E-state index contributed by atoms with van der Waals surface area (Å²) in [5.41, 5.74) is 5.93. The number of likely N-dealkylation sites (N-methyl/N-ethyl adjacent to an activating group) is 1. The number of primary amides is 1. The Morgan fingerprint density at radius 1 is 0.895 bits per heavy atom. The van der Waals surface area contributed by atoms with E-state index in [0.29, 0.717) is 29.1 Å². The Balaban J connectivity index is 1.86. The van der Waals surface area contributed by atoms with Gasteiger partial charge in [-0.2, -0.15) is 0 Å². The van der Waals surface area contributed by atoms with Crippen LogP contribution in [0.5, 0.6) is 5.75 Å². The number of hydrogen-bond donors (Lipinski definition) is 10. The van der Waals surface area contributed by atoms with Crippen molar-refractivity contribution in [3.05, 3.63) is 29.8 Å². The SMILES string of the molecule is CCC[C@H](C)[C@@H]1NC(=O)[C@H](Cc2ccc(OC)cc2)N(C)C(=O)C([C@H](C)O)N2C(=O)[C@H](CC[C@H]2O)NC(=O)C(CC(C)C)NC(=O)C(NC(=O)[C@H](CCC(N)=O)NC(=O)[C@H]2CCC(=O)N2C(=O)[C@@H](O)CO)[C@@H](C)OC1=O. The summed E-state index contributed by atoms with van der Waals surface area (Å²) >= 11 is 0. The third-order valence-electron chi connectivity index (χ3n) is 13.7. The van der Waals surface area contributed by atoms with Crippen LogP contribution in [0.2, 0.25) is 0 Å². The number of nitrogens with zero attached hydrogens (tertiary/aromatic N) is 3. The Labute approximate surface area is 440 Å². The maximum Gasteiger partial charge on any atom is 0.329 e. The number of hydrogen-bond acceptors (Lipinski definition) is 17. The van der Waals surface area contributed by atoms with Crippen molar-refractivity contribution < 1.29 is 82.6 Å². The minimum Gasteiger partial charge on any atom is -0.497 e. The van der Waals surface area contributed by atoms with Gasteiger partial charge in [0.2, 0.25) is 53.2 Å². The van der Waals surface area contributed by atoms with Gasteiger partial charge in [0, 0.05) is 26.3 Å². The van der Waals surface area contributed by atoms with Crippen LogP contribution >= 0.6 is 0 Å². The number of amides is 10. The largest absolute Gasteiger partial charge is 0.497 e. The number of fused-ring (bicyclic) bond motifs is 2. The third-order valence-corrected chi connectivity index (χ3v) is 13.7. The number of imide groups is 1. The minimum absolute atomic E-state index is 0.0882. The number of aliphatic hydroxyl groups excluding tert-OH is 4. The molecule has 10 amide bonds. The number of piperidine rings is 1. The van der Waals surface area contributed by atoms with Gasteiger partial charge in [-0.1, -0.05) is 46.2 Å². The maximum absolute atomic E-state index is 14.8. The lowest BCUT2D eigenvalue weighted by atomic mass is 9.95. The number of carbonyl (C=O) groups is 11. The number of ether oxygens (including phenoxy) is 2. The molecule has 3 aliphatic heterocycles. The molecule has 11 N–H and O–H groups in total. The zero-order valence-electron chi connectivity index (χ0n) is 44.2. The van der Waals surface area contributed by atoms with Crippen molar-refractivity contribution in [1.82, 2.24) is 41.3 Å². The van der Waals surface area contributed by atoms with Gasteiger partial charge < -0.3 is 72.0 Å². The molecule has 0 aliphatic carbocycles. The molecule has 3 unspecified atom stereocenters. The van der Waals surface area contributed by atoms with E-state index in [2.05, 4.69) is 26.6 Å². The highest BCUT2D eigenvalue weighted by molar-refractivity contribution is 6.05. The normalized spacial score (nSPS) is 26.9. The van der Waals surface area contributed by atoms with Crippen LogP contribution < -0.4 is 37.1 Å². The predicted molar refractivity (Wildman–Crippen MR) is 266 cm³/mol. The molecule has 3 fully saturated rings. The Morgan fingerprint density at radius 2 is 1.55 bits per heavy atom. The average molecular weight is 1070 g/mol. The fourth-order valence-electron chi connectivity index (χ4n) is 9.46. The molecule has 4 rings (SSSR count). The molecular formula is C50H75N9O17. The van der Waals surface area contributed by atoms with Gasteiger partial charge in [-0.15, -0.1) is 0 Å². The highest BCUT2D eigenvalue weighted by atomic mass is 16.5. The van der Waals surface area contributed by atoms with E-state index < -0.39 is 163 Å². The molecule has 76 heavy (non-hydrogen) atoms. The molecule has 3 heterocycles. The maximum atomic E-state index is 14.8. The third kappa shape index (κ3) is 15.7. The zero-order valence-corrected chi connectivity index (χ0v) is 44.2. The summed E-state index contributed by atoms with van der Waals surface area (Å²) in [6.07, 6.45) is -8.51. The smallest absolute Gasteiger partial charge is 0.329 e. The van der Waals surface area contributed by atoms with E-state index in [1.54, 1.807) is 45.0 Å². The lowest BCUT2D eigenvalue weighted by molar-refractivity contribution is -0.170. The molecule has 0 aromatic heterocycles. The van der Waals surface area contributed by atoms with Gasteiger partial charge in [-0.05, 0) is 81.9 Å². The molecule has 0 spiro atoms. The van der Waals surface area contributed by atoms with Crippen molar-refractivity contribution in [1.29, 1.82) is 0 Å². The first kappa shape index (κ1) is 61.8. The van der Waals surface area contributed by atoms with Gasteiger partial charge in [0.25, 0.3) is 5.91 Å². The standard InChI is InChI=1S/C50H75N9O17/c1-9-10-25(4)39-50(74)76-27(6)40(56-42(66)30(15-18-36(51)63)52-44(68)33-17-20-37(64)58(33)48(72)35(62)23-60)46(70)54-32(21-24(2)3)43(67)53-31-16-19-38(65)59(47(31)71)41(26(5)61)49(73)57(7)34(45(69)55-39)22-28-11-13-29(75-8)14-12-28/h11-14,24-27,30-35,38-41,60-62,65H,9-10,15-23H2,1-8H3,(H2,51,63)(H,52,68)(H,53,67)(H,54,70)(H,55,69)(H,56,66)/t25-,26-,27+,30-,31-,32?,33+,34-,35-,38+,39-,40?,41?/m0/s1. The molecule has 0 saturated carbocycles. The van der Waals surface area contributed by atoms with Crippen LogP contribution in [-0.4, -0.2) is 194 Å². The highest BCUT2D eigenvalue weighted by Gasteiger charge is 2.48. The summed E-state index contributed by atoms with van der Waals surface area (Å²) in [7, 11) is 2.71. The van der Waals surface area contributed by atoms with Crippen molar-refractivity contribution in [2.75, 3.05) is 20.8 Å². The molecule has 13 atom stereocenters. The molecule has 422 valence electrons. The second-order valence-corrected chi connectivity index (χ2v) is 20.1. The Kier molecular flexibility index (Phi) is 22.6. The van der Waals surface area contributed by atoms with Crippen molar-refractivity contribution in [3.63, 3.8) is 0 Å². The number of likely N-dealkylation sites (tertiary alicyclic amines) is 1. The van der Waals surface area contributed by atoms with Crippen LogP contribution in [0.25, 0.3) is 0 Å². The topological polar surface area (TPSA) is 383 Å². The molecule has 2 bridgehead atoms.